The summed E-state index contributed by atoms with van der Waals surface area (Å²) in [5.41, 5.74) is 0. The van der Waals surface area contributed by atoms with Gasteiger partial charge in [-0.15, -0.1) is 0 Å². The Morgan fingerprint density at radius 2 is 1.73 bits per heavy atom. The zero-order valence-corrected chi connectivity index (χ0v) is 9.33. The van der Waals surface area contributed by atoms with E-state index in [1.165, 1.54) is 25.7 Å². The normalized spacial score (nSPS) is 9.40. The number of nitrogens with zero attached hydrogens (tertiary/aromatic N) is 1. The van der Waals surface area contributed by atoms with Crippen molar-refractivity contribution >= 4 is 12.0 Å². The molecule has 0 aliphatic carbocycles. The number of carbonyl (C=O) groups is 1. The molecular weight excluding hydrogens is 194 g/mol. The summed E-state index contributed by atoms with van der Waals surface area (Å²) in [6, 6.07) is 0. The summed E-state index contributed by atoms with van der Waals surface area (Å²) in [5.74, 6) is -0.452. The van der Waals surface area contributed by atoms with E-state index in [0.29, 0.717) is 6.42 Å². The van der Waals surface area contributed by atoms with Gasteiger partial charge in [-0.3, -0.25) is 0 Å². The minimum atomic E-state index is -0.452. The largest absolute Gasteiger partial charge is 0.336 e. The molecule has 15 heavy (non-hydrogen) atoms. The van der Waals surface area contributed by atoms with E-state index in [9.17, 15) is 9.59 Å². The molecule has 4 nitrogen and oxygen atoms in total. The Morgan fingerprint density at radius 1 is 1.13 bits per heavy atom. The Labute approximate surface area is 90.7 Å². The average Bonchev–Trinajstić information content (AvgIpc) is 2.25. The molecule has 0 spiro atoms. The van der Waals surface area contributed by atoms with Crippen LogP contribution in [0.3, 0.4) is 0 Å². The van der Waals surface area contributed by atoms with Crippen LogP contribution in [0.2, 0.25) is 0 Å². The van der Waals surface area contributed by atoms with Gasteiger partial charge >= 0.3 is 5.97 Å². The lowest BCUT2D eigenvalue weighted by Crippen LogP contribution is -1.98. The van der Waals surface area contributed by atoms with Crippen molar-refractivity contribution < 1.29 is 14.4 Å². The number of carbonyl (C=O) groups excluding carboxylic acids is 2. The lowest BCUT2D eigenvalue weighted by Gasteiger charge is -1.99. The fourth-order valence-corrected chi connectivity index (χ4v) is 1.34. The third kappa shape index (κ3) is 10.8. The van der Waals surface area contributed by atoms with Gasteiger partial charge in [0.2, 0.25) is 0 Å². The van der Waals surface area contributed by atoms with Crippen LogP contribution in [0.25, 0.3) is 0 Å². The van der Waals surface area contributed by atoms with Crippen molar-refractivity contribution in [3.8, 4) is 0 Å². The van der Waals surface area contributed by atoms with Crippen LogP contribution in [0.4, 0.5) is 0 Å². The third-order valence-corrected chi connectivity index (χ3v) is 2.17. The highest BCUT2D eigenvalue weighted by Gasteiger charge is 2.01. The predicted molar refractivity (Wildman–Crippen MR) is 56.8 cm³/mol. The monoisotopic (exact) mass is 213 g/mol. The maximum atomic E-state index is 10.8. The fraction of sp³-hybridized carbons (Fsp3) is 0.818. The minimum absolute atomic E-state index is 0.332. The van der Waals surface area contributed by atoms with Gasteiger partial charge in [0, 0.05) is 11.6 Å². The molecule has 0 bridgehead atoms. The van der Waals surface area contributed by atoms with E-state index in [-0.39, 0.29) is 0 Å². The van der Waals surface area contributed by atoms with Crippen LogP contribution in [-0.2, 0) is 14.4 Å². The van der Waals surface area contributed by atoms with Gasteiger partial charge in [-0.05, 0) is 6.42 Å². The molecule has 86 valence electrons. The molecule has 0 unspecified atom stereocenters. The molecule has 0 heterocycles. The first-order chi connectivity index (χ1) is 7.31. The second-order valence-electron chi connectivity index (χ2n) is 3.52. The highest BCUT2D eigenvalue weighted by atomic mass is 16.7. The van der Waals surface area contributed by atoms with Crippen LogP contribution in [0.1, 0.15) is 58.3 Å². The lowest BCUT2D eigenvalue weighted by atomic mass is 10.1. The van der Waals surface area contributed by atoms with Crippen molar-refractivity contribution in [1.29, 1.82) is 0 Å². The van der Waals surface area contributed by atoms with Crippen LogP contribution in [0.5, 0.6) is 0 Å². The smallest absolute Gasteiger partial charge is 0.307 e. The lowest BCUT2D eigenvalue weighted by molar-refractivity contribution is -0.143. The van der Waals surface area contributed by atoms with Crippen molar-refractivity contribution in [2.75, 3.05) is 0 Å². The molecule has 0 aromatic heterocycles. The molecule has 0 saturated heterocycles. The average molecular weight is 213 g/mol. The second-order valence-corrected chi connectivity index (χ2v) is 3.52. The molecule has 0 amide bonds. The summed E-state index contributed by atoms with van der Waals surface area (Å²) in [4.78, 5) is 24.7. The highest BCUT2D eigenvalue weighted by Crippen LogP contribution is 2.08. The summed E-state index contributed by atoms with van der Waals surface area (Å²) in [6.45, 7) is 2.18. The van der Waals surface area contributed by atoms with Gasteiger partial charge in [0.15, 0.2) is 0 Å². The molecule has 0 aliphatic rings. The van der Waals surface area contributed by atoms with Crippen LogP contribution in [0, 0.1) is 0 Å². The maximum absolute atomic E-state index is 10.8. The van der Waals surface area contributed by atoms with Gasteiger partial charge in [0.25, 0.3) is 6.08 Å². The molecule has 0 N–H and O–H groups in total. The van der Waals surface area contributed by atoms with Gasteiger partial charge in [0.1, 0.15) is 0 Å². The Hall–Kier alpha value is -1.15. The molecule has 0 fully saturated rings. The summed E-state index contributed by atoms with van der Waals surface area (Å²) in [6.07, 6.45) is 9.52. The standard InChI is InChI=1S/C11H19NO3/c1-2-3-4-5-6-7-8-9-11(14)15-12-10-13/h2-9H2,1H3. The number of rotatable bonds is 9. The first kappa shape index (κ1) is 13.8. The van der Waals surface area contributed by atoms with Gasteiger partial charge in [-0.25, -0.2) is 9.59 Å². The van der Waals surface area contributed by atoms with E-state index in [1.807, 2.05) is 0 Å². The molecule has 0 radical (unpaired) electrons. The van der Waals surface area contributed by atoms with Gasteiger partial charge in [0.05, 0.1) is 0 Å². The molecule has 0 aromatic carbocycles. The number of hydrogen-bond acceptors (Lipinski definition) is 4. The Balaban J connectivity index is 3.16. The Kier molecular flexibility index (Phi) is 10.1. The van der Waals surface area contributed by atoms with E-state index < -0.39 is 5.97 Å². The quantitative estimate of drug-likeness (QED) is 0.194. The van der Waals surface area contributed by atoms with E-state index in [1.54, 1.807) is 0 Å². The molecule has 0 aliphatic heterocycles. The topological polar surface area (TPSA) is 55.7 Å². The first-order valence-electron chi connectivity index (χ1n) is 5.58. The van der Waals surface area contributed by atoms with E-state index in [4.69, 9.17) is 0 Å². The van der Waals surface area contributed by atoms with Crippen molar-refractivity contribution in [3.63, 3.8) is 0 Å². The summed E-state index contributed by atoms with van der Waals surface area (Å²) in [5, 5.41) is 2.76. The Morgan fingerprint density at radius 3 is 2.33 bits per heavy atom. The summed E-state index contributed by atoms with van der Waals surface area (Å²) in [7, 11) is 0. The van der Waals surface area contributed by atoms with Crippen LogP contribution >= 0.6 is 0 Å². The van der Waals surface area contributed by atoms with E-state index in [0.717, 1.165) is 25.3 Å². The van der Waals surface area contributed by atoms with Crippen molar-refractivity contribution in [2.45, 2.75) is 58.3 Å². The number of isocyanates is 1. The second kappa shape index (κ2) is 10.9. The highest BCUT2D eigenvalue weighted by molar-refractivity contribution is 5.69. The zero-order chi connectivity index (χ0) is 11.4. The molecule has 4 heteroatoms. The van der Waals surface area contributed by atoms with Crippen LogP contribution in [-0.4, -0.2) is 12.0 Å². The zero-order valence-electron chi connectivity index (χ0n) is 9.33. The third-order valence-electron chi connectivity index (χ3n) is 2.17. The predicted octanol–water partition coefficient (Wildman–Crippen LogP) is 2.92. The minimum Gasteiger partial charge on any atom is -0.307 e. The molecule has 0 atom stereocenters. The molecule has 0 aromatic rings. The molecular formula is C11H19NO3. The van der Waals surface area contributed by atoms with Gasteiger partial charge in [-0.1, -0.05) is 45.4 Å². The van der Waals surface area contributed by atoms with Crippen LogP contribution < -0.4 is 0 Å². The fourth-order valence-electron chi connectivity index (χ4n) is 1.34. The van der Waals surface area contributed by atoms with Crippen molar-refractivity contribution in [3.05, 3.63) is 0 Å². The Bertz CT molecular complexity index is 210. The summed E-state index contributed by atoms with van der Waals surface area (Å²) >= 11 is 0. The van der Waals surface area contributed by atoms with Crippen molar-refractivity contribution in [2.24, 2.45) is 5.16 Å². The first-order valence-corrected chi connectivity index (χ1v) is 5.58. The maximum Gasteiger partial charge on any atom is 0.336 e. The van der Waals surface area contributed by atoms with E-state index in [2.05, 4.69) is 16.9 Å². The van der Waals surface area contributed by atoms with Gasteiger partial charge in [-0.2, -0.15) is 0 Å². The number of unbranched alkanes of at least 4 members (excludes halogenated alkanes) is 6. The van der Waals surface area contributed by atoms with Crippen LogP contribution in [0.15, 0.2) is 5.16 Å². The van der Waals surface area contributed by atoms with Crippen molar-refractivity contribution in [1.82, 2.24) is 0 Å². The summed E-state index contributed by atoms with van der Waals surface area (Å²) < 4.78 is 0. The molecule has 0 saturated carbocycles. The molecule has 0 rings (SSSR count). The van der Waals surface area contributed by atoms with Gasteiger partial charge < -0.3 is 4.84 Å². The van der Waals surface area contributed by atoms with E-state index >= 15 is 0 Å². The SMILES string of the molecule is CCCCCCCCCC(=O)ON=C=O. The number of hydrogen-bond donors (Lipinski definition) is 0.